The smallest absolute Gasteiger partial charge is 0.251 e. The summed E-state index contributed by atoms with van der Waals surface area (Å²) in [6.45, 7) is 0.473. The highest BCUT2D eigenvalue weighted by Gasteiger charge is 2.45. The van der Waals surface area contributed by atoms with Crippen molar-refractivity contribution in [2.75, 3.05) is 32.1 Å². The molecule has 2 aliphatic rings. The first-order valence-corrected chi connectivity index (χ1v) is 11.1. The van der Waals surface area contributed by atoms with Crippen LogP contribution in [0.1, 0.15) is 28.8 Å². The number of nitrogens with zero attached hydrogens (tertiary/aromatic N) is 2. The van der Waals surface area contributed by atoms with Gasteiger partial charge in [0.2, 0.25) is 5.91 Å². The molecular weight excluding hydrogens is 422 g/mol. The van der Waals surface area contributed by atoms with Gasteiger partial charge in [-0.2, -0.15) is 0 Å². The number of ketones is 1. The molecule has 0 aliphatic carbocycles. The van der Waals surface area contributed by atoms with Crippen molar-refractivity contribution in [3.05, 3.63) is 59.7 Å². The van der Waals surface area contributed by atoms with Gasteiger partial charge in [-0.3, -0.25) is 14.4 Å². The third-order valence-corrected chi connectivity index (χ3v) is 6.25. The number of aromatic hydroxyl groups is 1. The number of rotatable bonds is 6. The van der Waals surface area contributed by atoms with Crippen LogP contribution in [0.3, 0.4) is 0 Å². The van der Waals surface area contributed by atoms with Crippen molar-refractivity contribution in [1.82, 2.24) is 10.2 Å². The van der Waals surface area contributed by atoms with E-state index in [1.54, 1.807) is 41.3 Å². The van der Waals surface area contributed by atoms with E-state index < -0.39 is 12.1 Å². The molecule has 0 saturated carbocycles. The maximum atomic E-state index is 13.6. The number of fused-ring (bicyclic) bond motifs is 1. The Morgan fingerprint density at radius 2 is 1.85 bits per heavy atom. The Kier molecular flexibility index (Phi) is 6.65. The van der Waals surface area contributed by atoms with Crippen LogP contribution in [0.15, 0.2) is 48.5 Å². The van der Waals surface area contributed by atoms with Gasteiger partial charge >= 0.3 is 0 Å². The number of nitrogens with one attached hydrogen (secondary N) is 1. The molecule has 2 heterocycles. The molecular formula is C25H29N3O5. The number of benzene rings is 2. The van der Waals surface area contributed by atoms with Crippen LogP contribution in [-0.4, -0.2) is 73.0 Å². The van der Waals surface area contributed by atoms with Crippen LogP contribution >= 0.6 is 0 Å². The number of hydrogen-bond acceptors (Lipinski definition) is 6. The summed E-state index contributed by atoms with van der Waals surface area (Å²) in [5.74, 6) is -0.629. The van der Waals surface area contributed by atoms with Crippen LogP contribution in [0.25, 0.3) is 0 Å². The number of piperidine rings is 1. The molecule has 0 bridgehead atoms. The molecule has 0 unspecified atom stereocenters. The van der Waals surface area contributed by atoms with E-state index >= 15 is 0 Å². The minimum absolute atomic E-state index is 0.0202. The third-order valence-electron chi connectivity index (χ3n) is 6.25. The van der Waals surface area contributed by atoms with Gasteiger partial charge in [-0.25, -0.2) is 0 Å². The summed E-state index contributed by atoms with van der Waals surface area (Å²) in [6.07, 6.45) is 1.45. The lowest BCUT2D eigenvalue weighted by molar-refractivity contribution is -0.142. The monoisotopic (exact) mass is 451 g/mol. The molecule has 2 fully saturated rings. The Balaban J connectivity index is 1.57. The summed E-state index contributed by atoms with van der Waals surface area (Å²) >= 11 is 0. The summed E-state index contributed by atoms with van der Waals surface area (Å²) in [6, 6.07) is 12.2. The topological polar surface area (TPSA) is 99.2 Å². The molecule has 2 amide bonds. The predicted molar refractivity (Wildman–Crippen MR) is 123 cm³/mol. The van der Waals surface area contributed by atoms with Crippen molar-refractivity contribution in [1.29, 1.82) is 0 Å². The summed E-state index contributed by atoms with van der Waals surface area (Å²) in [5, 5.41) is 12.5. The molecule has 174 valence electrons. The van der Waals surface area contributed by atoms with Gasteiger partial charge in [-0.15, -0.1) is 0 Å². The zero-order chi connectivity index (χ0) is 23.5. The van der Waals surface area contributed by atoms with Gasteiger partial charge in [0.1, 0.15) is 24.4 Å². The summed E-state index contributed by atoms with van der Waals surface area (Å²) in [4.78, 5) is 42.6. The van der Waals surface area contributed by atoms with E-state index in [0.29, 0.717) is 12.1 Å². The lowest BCUT2D eigenvalue weighted by atomic mass is 9.95. The lowest BCUT2D eigenvalue weighted by Gasteiger charge is -2.37. The molecule has 2 saturated heterocycles. The second-order valence-electron chi connectivity index (χ2n) is 8.77. The number of anilines is 1. The van der Waals surface area contributed by atoms with Crippen molar-refractivity contribution < 1.29 is 24.2 Å². The van der Waals surface area contributed by atoms with Gasteiger partial charge in [0.15, 0.2) is 5.78 Å². The van der Waals surface area contributed by atoms with E-state index in [9.17, 15) is 19.5 Å². The number of phenols is 1. The van der Waals surface area contributed by atoms with Crippen molar-refractivity contribution in [3.63, 3.8) is 0 Å². The second-order valence-corrected chi connectivity index (χ2v) is 8.77. The van der Waals surface area contributed by atoms with E-state index in [2.05, 4.69) is 5.32 Å². The van der Waals surface area contributed by atoms with E-state index in [4.69, 9.17) is 4.74 Å². The molecule has 2 aromatic rings. The van der Waals surface area contributed by atoms with E-state index in [-0.39, 0.29) is 42.5 Å². The number of amides is 2. The summed E-state index contributed by atoms with van der Waals surface area (Å²) in [7, 11) is 3.84. The standard InChI is InChI=1S/C25H29N3O5/c1-27(2)18-9-7-17(8-10-18)24(31)26-20(14-16-5-11-19(29)12-6-16)25(32)28-13-3-4-22-23(28)21(30)15-33-22/h5-12,20,22-23,29H,3-4,13-15H2,1-2H3,(H,26,31)/t20-,22+,23+/m0/s1. The zero-order valence-corrected chi connectivity index (χ0v) is 18.9. The SMILES string of the molecule is CN(C)c1ccc(C(=O)N[C@@H](Cc2ccc(O)cc2)C(=O)N2CCC[C@H]3OCC(=O)[C@H]32)cc1. The first-order chi connectivity index (χ1) is 15.8. The minimum Gasteiger partial charge on any atom is -0.508 e. The maximum Gasteiger partial charge on any atom is 0.251 e. The van der Waals surface area contributed by atoms with Gasteiger partial charge in [0, 0.05) is 38.3 Å². The summed E-state index contributed by atoms with van der Waals surface area (Å²) in [5.41, 5.74) is 2.19. The molecule has 2 aromatic carbocycles. The van der Waals surface area contributed by atoms with Crippen LogP contribution in [0.5, 0.6) is 5.75 Å². The third kappa shape index (κ3) is 5.01. The van der Waals surface area contributed by atoms with Crippen molar-refractivity contribution >= 4 is 23.3 Å². The molecule has 2 aliphatic heterocycles. The van der Waals surface area contributed by atoms with Gasteiger partial charge < -0.3 is 25.0 Å². The Morgan fingerprint density at radius 3 is 2.52 bits per heavy atom. The molecule has 0 radical (unpaired) electrons. The van der Waals surface area contributed by atoms with Crippen molar-refractivity contribution in [2.24, 2.45) is 0 Å². The average molecular weight is 452 g/mol. The number of phenolic OH excluding ortho intramolecular Hbond substituents is 1. The molecule has 0 aromatic heterocycles. The number of likely N-dealkylation sites (tertiary alicyclic amines) is 1. The van der Waals surface area contributed by atoms with Crippen LogP contribution in [-0.2, 0) is 20.7 Å². The molecule has 3 atom stereocenters. The van der Waals surface area contributed by atoms with Gasteiger partial charge in [-0.1, -0.05) is 12.1 Å². The number of carbonyl (C=O) groups excluding carboxylic acids is 3. The van der Waals surface area contributed by atoms with Crippen molar-refractivity contribution in [2.45, 2.75) is 37.5 Å². The fourth-order valence-electron chi connectivity index (χ4n) is 4.46. The van der Waals surface area contributed by atoms with Crippen LogP contribution < -0.4 is 10.2 Å². The fourth-order valence-corrected chi connectivity index (χ4v) is 4.46. The Bertz CT molecular complexity index is 1020. The molecule has 33 heavy (non-hydrogen) atoms. The van der Waals surface area contributed by atoms with E-state index in [1.807, 2.05) is 31.1 Å². The van der Waals surface area contributed by atoms with Crippen molar-refractivity contribution in [3.8, 4) is 5.75 Å². The largest absolute Gasteiger partial charge is 0.508 e. The first-order valence-electron chi connectivity index (χ1n) is 11.1. The van der Waals surface area contributed by atoms with Crippen LogP contribution in [0, 0.1) is 0 Å². The lowest BCUT2D eigenvalue weighted by Crippen LogP contribution is -2.58. The van der Waals surface area contributed by atoms with Crippen LogP contribution in [0.2, 0.25) is 0 Å². The first kappa shape index (κ1) is 22.8. The zero-order valence-electron chi connectivity index (χ0n) is 18.9. The highest BCUT2D eigenvalue weighted by Crippen LogP contribution is 2.27. The van der Waals surface area contributed by atoms with Crippen LogP contribution in [0.4, 0.5) is 5.69 Å². The molecule has 2 N–H and O–H groups in total. The number of ether oxygens (including phenoxy) is 1. The molecule has 8 nitrogen and oxygen atoms in total. The minimum atomic E-state index is -0.859. The maximum absolute atomic E-state index is 13.6. The summed E-state index contributed by atoms with van der Waals surface area (Å²) < 4.78 is 5.58. The van der Waals surface area contributed by atoms with Gasteiger partial charge in [0.25, 0.3) is 5.91 Å². The number of carbonyl (C=O) groups is 3. The molecule has 0 spiro atoms. The van der Waals surface area contributed by atoms with E-state index in [1.165, 1.54) is 0 Å². The number of Topliss-reactive ketones (excluding diaryl/α,β-unsaturated/α-hetero) is 1. The van der Waals surface area contributed by atoms with E-state index in [0.717, 1.165) is 24.1 Å². The second kappa shape index (κ2) is 9.62. The average Bonchev–Trinajstić information content (AvgIpc) is 3.20. The fraction of sp³-hybridized carbons (Fsp3) is 0.400. The normalized spacial score (nSPS) is 20.8. The van der Waals surface area contributed by atoms with Gasteiger partial charge in [-0.05, 0) is 54.8 Å². The Morgan fingerprint density at radius 1 is 1.15 bits per heavy atom. The molecule has 4 rings (SSSR count). The quantitative estimate of drug-likeness (QED) is 0.695. The Hall–Kier alpha value is -3.39. The Labute approximate surface area is 193 Å². The molecule has 8 heteroatoms. The highest BCUT2D eigenvalue weighted by atomic mass is 16.5. The number of hydrogen-bond donors (Lipinski definition) is 2. The highest BCUT2D eigenvalue weighted by molar-refractivity contribution is 5.99. The van der Waals surface area contributed by atoms with Gasteiger partial charge in [0.05, 0.1) is 6.10 Å². The predicted octanol–water partition coefficient (Wildman–Crippen LogP) is 1.76.